The van der Waals surface area contributed by atoms with Crippen molar-refractivity contribution in [2.45, 2.75) is 13.5 Å². The lowest BCUT2D eigenvalue weighted by Crippen LogP contribution is -2.14. The molecular weight excluding hydrogens is 238 g/mol. The molecule has 0 fully saturated rings. The van der Waals surface area contributed by atoms with E-state index in [0.717, 1.165) is 6.07 Å². The van der Waals surface area contributed by atoms with Crippen molar-refractivity contribution in [1.29, 1.82) is 0 Å². The highest BCUT2D eigenvalue weighted by atomic mass is 16.6. The lowest BCUT2D eigenvalue weighted by Gasteiger charge is -2.02. The highest BCUT2D eigenvalue weighted by Crippen LogP contribution is 2.24. The highest BCUT2D eigenvalue weighted by molar-refractivity contribution is 5.49. The summed E-state index contributed by atoms with van der Waals surface area (Å²) >= 11 is 0. The van der Waals surface area contributed by atoms with Gasteiger partial charge in [0, 0.05) is 18.2 Å². The van der Waals surface area contributed by atoms with Crippen molar-refractivity contribution in [3.63, 3.8) is 0 Å². The van der Waals surface area contributed by atoms with Crippen LogP contribution < -0.4 is 5.32 Å². The number of benzene rings is 1. The molecule has 0 aliphatic rings. The smallest absolute Gasteiger partial charge is 0.280 e. The Morgan fingerprint density at radius 1 is 1.28 bits per heavy atom. The van der Waals surface area contributed by atoms with Gasteiger partial charge in [-0.2, -0.15) is 0 Å². The van der Waals surface area contributed by atoms with Gasteiger partial charge in [0.1, 0.15) is 0 Å². The summed E-state index contributed by atoms with van der Waals surface area (Å²) in [5.41, 5.74) is -0.163. The molecule has 0 saturated heterocycles. The molecule has 7 nitrogen and oxygen atoms in total. The van der Waals surface area contributed by atoms with E-state index in [1.807, 2.05) is 0 Å². The van der Waals surface area contributed by atoms with E-state index in [2.05, 4.69) is 17.2 Å². The second-order valence-corrected chi connectivity index (χ2v) is 3.36. The van der Waals surface area contributed by atoms with Gasteiger partial charge in [-0.15, -0.1) is 5.92 Å². The summed E-state index contributed by atoms with van der Waals surface area (Å²) < 4.78 is 0. The summed E-state index contributed by atoms with van der Waals surface area (Å²) in [6.07, 6.45) is 0. The van der Waals surface area contributed by atoms with Crippen molar-refractivity contribution >= 4 is 11.4 Å². The van der Waals surface area contributed by atoms with Crippen molar-refractivity contribution in [2.24, 2.45) is 0 Å². The first-order valence-corrected chi connectivity index (χ1v) is 5.08. The molecule has 18 heavy (non-hydrogen) atoms. The molecule has 1 rings (SSSR count). The van der Waals surface area contributed by atoms with Crippen LogP contribution in [0.25, 0.3) is 0 Å². The molecule has 0 aliphatic heterocycles. The van der Waals surface area contributed by atoms with E-state index >= 15 is 0 Å². The van der Waals surface area contributed by atoms with Gasteiger partial charge in [0.15, 0.2) is 0 Å². The predicted molar refractivity (Wildman–Crippen MR) is 64.9 cm³/mol. The number of nitro benzene ring substituents is 2. The van der Waals surface area contributed by atoms with Crippen LogP contribution in [0.15, 0.2) is 18.2 Å². The van der Waals surface area contributed by atoms with Gasteiger partial charge in [0.25, 0.3) is 11.4 Å². The van der Waals surface area contributed by atoms with Crippen molar-refractivity contribution in [3.05, 3.63) is 44.0 Å². The summed E-state index contributed by atoms with van der Waals surface area (Å²) in [6, 6.07) is 3.58. The van der Waals surface area contributed by atoms with E-state index in [1.54, 1.807) is 6.92 Å². The fourth-order valence-electron chi connectivity index (χ4n) is 1.33. The van der Waals surface area contributed by atoms with E-state index in [-0.39, 0.29) is 17.9 Å². The number of rotatable bonds is 5. The van der Waals surface area contributed by atoms with Gasteiger partial charge in [-0.3, -0.25) is 20.2 Å². The zero-order valence-electron chi connectivity index (χ0n) is 9.67. The van der Waals surface area contributed by atoms with Crippen molar-refractivity contribution in [3.8, 4) is 11.8 Å². The van der Waals surface area contributed by atoms with E-state index in [9.17, 15) is 20.2 Å². The Morgan fingerprint density at radius 3 is 2.56 bits per heavy atom. The zero-order valence-corrected chi connectivity index (χ0v) is 9.67. The quantitative estimate of drug-likeness (QED) is 0.370. The Kier molecular flexibility index (Phi) is 4.78. The summed E-state index contributed by atoms with van der Waals surface area (Å²) in [7, 11) is 0. The molecule has 0 radical (unpaired) electrons. The van der Waals surface area contributed by atoms with Crippen LogP contribution in [0.4, 0.5) is 11.4 Å². The Morgan fingerprint density at radius 2 is 2.00 bits per heavy atom. The normalized spacial score (nSPS) is 9.39. The van der Waals surface area contributed by atoms with Gasteiger partial charge in [-0.05, 0) is 13.0 Å². The Hall–Kier alpha value is -2.46. The first-order chi connectivity index (χ1) is 8.56. The van der Waals surface area contributed by atoms with Gasteiger partial charge in [0.2, 0.25) is 0 Å². The maximum absolute atomic E-state index is 10.8. The average Bonchev–Trinajstić information content (AvgIpc) is 2.34. The topological polar surface area (TPSA) is 98.3 Å². The van der Waals surface area contributed by atoms with Crippen LogP contribution in [0.2, 0.25) is 0 Å². The van der Waals surface area contributed by atoms with E-state index in [0.29, 0.717) is 12.1 Å². The molecule has 7 heteroatoms. The number of hydrogen-bond acceptors (Lipinski definition) is 5. The lowest BCUT2D eigenvalue weighted by molar-refractivity contribution is -0.394. The van der Waals surface area contributed by atoms with E-state index in [1.165, 1.54) is 12.1 Å². The summed E-state index contributed by atoms with van der Waals surface area (Å²) in [5, 5.41) is 24.2. The summed E-state index contributed by atoms with van der Waals surface area (Å²) in [6.45, 7) is 2.34. The number of non-ortho nitro benzene ring substituents is 1. The molecule has 0 unspecified atom stereocenters. The molecule has 0 spiro atoms. The van der Waals surface area contributed by atoms with Crippen LogP contribution in [-0.4, -0.2) is 16.4 Å². The number of nitro groups is 2. The van der Waals surface area contributed by atoms with Crippen LogP contribution in [0, 0.1) is 32.1 Å². The second kappa shape index (κ2) is 6.32. The third-order valence-corrected chi connectivity index (χ3v) is 2.18. The highest BCUT2D eigenvalue weighted by Gasteiger charge is 2.18. The summed E-state index contributed by atoms with van der Waals surface area (Å²) in [4.78, 5) is 20.1. The SMILES string of the molecule is CC#CCNCc1ccc([N+](=O)[O-])cc1[N+](=O)[O-]. The summed E-state index contributed by atoms with van der Waals surface area (Å²) in [5.74, 6) is 5.44. The molecule has 1 aromatic carbocycles. The molecule has 1 aromatic rings. The van der Waals surface area contributed by atoms with Crippen LogP contribution >= 0.6 is 0 Å². The fraction of sp³-hybridized carbons (Fsp3) is 0.273. The molecule has 94 valence electrons. The monoisotopic (exact) mass is 249 g/mol. The molecule has 0 bridgehead atoms. The van der Waals surface area contributed by atoms with Gasteiger partial charge >= 0.3 is 0 Å². The molecule has 1 N–H and O–H groups in total. The Labute approximate surface area is 103 Å². The molecular formula is C11H11N3O4. The fourth-order valence-corrected chi connectivity index (χ4v) is 1.33. The standard InChI is InChI=1S/C11H11N3O4/c1-2-3-6-12-8-9-4-5-10(13(15)16)7-11(9)14(17)18/h4-5,7,12H,6,8H2,1H3. The van der Waals surface area contributed by atoms with Crippen LogP contribution in [-0.2, 0) is 6.54 Å². The lowest BCUT2D eigenvalue weighted by atomic mass is 10.1. The largest absolute Gasteiger partial charge is 0.302 e. The minimum Gasteiger partial charge on any atom is -0.302 e. The number of hydrogen-bond donors (Lipinski definition) is 1. The van der Waals surface area contributed by atoms with Gasteiger partial charge in [-0.1, -0.05) is 5.92 Å². The van der Waals surface area contributed by atoms with Gasteiger partial charge in [0.05, 0.1) is 22.5 Å². The van der Waals surface area contributed by atoms with Crippen molar-refractivity contribution in [2.75, 3.05) is 6.54 Å². The number of nitrogens with one attached hydrogen (secondary N) is 1. The van der Waals surface area contributed by atoms with Gasteiger partial charge in [-0.25, -0.2) is 0 Å². The van der Waals surface area contributed by atoms with Crippen LogP contribution in [0.5, 0.6) is 0 Å². The van der Waals surface area contributed by atoms with E-state index < -0.39 is 9.85 Å². The zero-order chi connectivity index (χ0) is 13.5. The molecule has 0 atom stereocenters. The second-order valence-electron chi connectivity index (χ2n) is 3.36. The van der Waals surface area contributed by atoms with Crippen molar-refractivity contribution in [1.82, 2.24) is 5.32 Å². The third kappa shape index (κ3) is 3.54. The van der Waals surface area contributed by atoms with Crippen LogP contribution in [0.1, 0.15) is 12.5 Å². The molecule has 0 aromatic heterocycles. The third-order valence-electron chi connectivity index (χ3n) is 2.18. The molecule has 0 saturated carbocycles. The van der Waals surface area contributed by atoms with E-state index in [4.69, 9.17) is 0 Å². The van der Waals surface area contributed by atoms with Gasteiger partial charge < -0.3 is 5.32 Å². The maximum Gasteiger partial charge on any atom is 0.280 e. The minimum absolute atomic E-state index is 0.239. The van der Waals surface area contributed by atoms with Crippen LogP contribution in [0.3, 0.4) is 0 Å². The average molecular weight is 249 g/mol. The minimum atomic E-state index is -0.660. The predicted octanol–water partition coefficient (Wildman–Crippen LogP) is 1.62. The molecule has 0 aliphatic carbocycles. The Bertz CT molecular complexity index is 531. The Balaban J connectivity index is 2.92. The first-order valence-electron chi connectivity index (χ1n) is 5.08. The number of nitrogens with zero attached hydrogens (tertiary/aromatic N) is 2. The molecule has 0 heterocycles. The first kappa shape index (κ1) is 13.6. The molecule has 0 amide bonds. The maximum atomic E-state index is 10.8. The van der Waals surface area contributed by atoms with Crippen molar-refractivity contribution < 1.29 is 9.85 Å².